The number of methoxy groups -OCH3 is 1. The third-order valence-corrected chi connectivity index (χ3v) is 6.74. The number of aryl methyl sites for hydroxylation is 1. The second-order valence-electron chi connectivity index (χ2n) is 8.02. The highest BCUT2D eigenvalue weighted by Crippen LogP contribution is 2.32. The first-order valence-corrected chi connectivity index (χ1v) is 12.3. The molecule has 6 nitrogen and oxygen atoms in total. The second kappa shape index (κ2) is 10.5. The zero-order valence-electron chi connectivity index (χ0n) is 18.9. The summed E-state index contributed by atoms with van der Waals surface area (Å²) in [5.41, 5.74) is 3.66. The van der Waals surface area contributed by atoms with E-state index in [4.69, 9.17) is 16.3 Å². The number of halogens is 1. The first kappa shape index (κ1) is 25.2. The molecule has 0 aliphatic rings. The lowest BCUT2D eigenvalue weighted by molar-refractivity contribution is -0.122. The Morgan fingerprint density at radius 3 is 2.35 bits per heavy atom. The van der Waals surface area contributed by atoms with E-state index in [9.17, 15) is 13.2 Å². The molecule has 0 heterocycles. The largest absolute Gasteiger partial charge is 0.496 e. The Hall–Kier alpha value is -2.09. The van der Waals surface area contributed by atoms with Crippen LogP contribution < -0.4 is 10.1 Å². The minimum Gasteiger partial charge on any atom is -0.496 e. The zero-order valence-corrected chi connectivity index (χ0v) is 20.5. The van der Waals surface area contributed by atoms with Crippen LogP contribution in [0.3, 0.4) is 0 Å². The Kier molecular flexibility index (Phi) is 8.51. The third-order valence-electron chi connectivity index (χ3n) is 5.18. The number of nitrogens with one attached hydrogen (secondary N) is 1. The van der Waals surface area contributed by atoms with E-state index in [0.717, 1.165) is 33.0 Å². The van der Waals surface area contributed by atoms with Crippen molar-refractivity contribution < 1.29 is 17.9 Å². The summed E-state index contributed by atoms with van der Waals surface area (Å²) < 4.78 is 31.2. The van der Waals surface area contributed by atoms with Crippen LogP contribution in [0.1, 0.15) is 55.0 Å². The Morgan fingerprint density at radius 2 is 1.81 bits per heavy atom. The van der Waals surface area contributed by atoms with Gasteiger partial charge in [-0.1, -0.05) is 43.6 Å². The highest BCUT2D eigenvalue weighted by Gasteiger charge is 2.23. The zero-order chi connectivity index (χ0) is 23.3. The Balaban J connectivity index is 2.19. The number of rotatable bonds is 9. The number of benzene rings is 2. The van der Waals surface area contributed by atoms with Crippen LogP contribution >= 0.6 is 11.6 Å². The molecule has 0 radical (unpaired) electrons. The summed E-state index contributed by atoms with van der Waals surface area (Å²) in [6, 6.07) is 10.7. The van der Waals surface area contributed by atoms with E-state index >= 15 is 0 Å². The molecular formula is C23H31ClN2O4S. The highest BCUT2D eigenvalue weighted by atomic mass is 35.5. The smallest absolute Gasteiger partial charge is 0.235 e. The van der Waals surface area contributed by atoms with Crippen molar-refractivity contribution in [3.63, 3.8) is 0 Å². The average molecular weight is 467 g/mol. The summed E-state index contributed by atoms with van der Waals surface area (Å²) in [5.74, 6) is 0.692. The molecular weight excluding hydrogens is 436 g/mol. The van der Waals surface area contributed by atoms with Gasteiger partial charge in [0.1, 0.15) is 5.75 Å². The standard InChI is InChI=1S/C23H31ClN2O4S/c1-15(2)19-12-20(16(3)11-22(19)30-5)17(4)25-23(27)14-26(31(6,28)29)13-18-9-7-8-10-21(18)24/h7-12,15,17H,13-14H2,1-6H3,(H,25,27). The summed E-state index contributed by atoms with van der Waals surface area (Å²) in [6.07, 6.45) is 1.09. The van der Waals surface area contributed by atoms with Crippen LogP contribution in [0.15, 0.2) is 36.4 Å². The van der Waals surface area contributed by atoms with Gasteiger partial charge >= 0.3 is 0 Å². The average Bonchev–Trinajstić information content (AvgIpc) is 2.67. The number of hydrogen-bond acceptors (Lipinski definition) is 4. The maximum Gasteiger partial charge on any atom is 0.235 e. The minimum absolute atomic E-state index is 0.0272. The van der Waals surface area contributed by atoms with Crippen LogP contribution in [0.4, 0.5) is 0 Å². The van der Waals surface area contributed by atoms with E-state index < -0.39 is 10.0 Å². The van der Waals surface area contributed by atoms with Gasteiger partial charge in [-0.3, -0.25) is 4.79 Å². The molecule has 0 fully saturated rings. The van der Waals surface area contributed by atoms with Crippen molar-refractivity contribution in [3.8, 4) is 5.75 Å². The molecule has 0 spiro atoms. The fraction of sp³-hybridized carbons (Fsp3) is 0.435. The second-order valence-corrected chi connectivity index (χ2v) is 10.4. The van der Waals surface area contributed by atoms with Gasteiger partial charge < -0.3 is 10.1 Å². The molecule has 8 heteroatoms. The van der Waals surface area contributed by atoms with Crippen LogP contribution in [-0.4, -0.2) is 38.5 Å². The van der Waals surface area contributed by atoms with E-state index in [1.165, 1.54) is 0 Å². The van der Waals surface area contributed by atoms with E-state index in [-0.39, 0.29) is 31.0 Å². The van der Waals surface area contributed by atoms with Gasteiger partial charge in [-0.25, -0.2) is 8.42 Å². The molecule has 0 saturated heterocycles. The lowest BCUT2D eigenvalue weighted by Crippen LogP contribution is -2.40. The maximum atomic E-state index is 12.7. The lowest BCUT2D eigenvalue weighted by atomic mass is 9.93. The first-order valence-electron chi connectivity index (χ1n) is 10.1. The lowest BCUT2D eigenvalue weighted by Gasteiger charge is -2.23. The minimum atomic E-state index is -3.61. The molecule has 0 saturated carbocycles. The van der Waals surface area contributed by atoms with Crippen molar-refractivity contribution in [2.45, 2.75) is 46.2 Å². The number of nitrogens with zero attached hydrogens (tertiary/aromatic N) is 1. The van der Waals surface area contributed by atoms with E-state index in [2.05, 4.69) is 19.2 Å². The molecule has 31 heavy (non-hydrogen) atoms. The van der Waals surface area contributed by atoms with Crippen LogP contribution in [-0.2, 0) is 21.4 Å². The van der Waals surface area contributed by atoms with Gasteiger partial charge in [-0.15, -0.1) is 0 Å². The quantitative estimate of drug-likeness (QED) is 0.593. The third kappa shape index (κ3) is 6.69. The number of ether oxygens (including phenoxy) is 1. The summed E-state index contributed by atoms with van der Waals surface area (Å²) in [7, 11) is -1.97. The van der Waals surface area contributed by atoms with Gasteiger partial charge in [0.2, 0.25) is 15.9 Å². The number of sulfonamides is 1. The van der Waals surface area contributed by atoms with Gasteiger partial charge in [0.15, 0.2) is 0 Å². The molecule has 1 atom stereocenters. The van der Waals surface area contributed by atoms with Gasteiger partial charge in [0.05, 0.1) is 26.0 Å². The molecule has 0 aliphatic carbocycles. The van der Waals surface area contributed by atoms with E-state index in [1.54, 1.807) is 31.4 Å². The van der Waals surface area contributed by atoms with Gasteiger partial charge in [-0.2, -0.15) is 4.31 Å². The maximum absolute atomic E-state index is 12.7. The number of carbonyl (C=O) groups is 1. The molecule has 0 aromatic heterocycles. The van der Waals surface area contributed by atoms with E-state index in [1.807, 2.05) is 26.0 Å². The molecule has 1 unspecified atom stereocenters. The summed E-state index contributed by atoms with van der Waals surface area (Å²) >= 11 is 6.17. The SMILES string of the molecule is COc1cc(C)c(C(C)NC(=O)CN(Cc2ccccc2Cl)S(C)(=O)=O)cc1C(C)C. The molecule has 1 N–H and O–H groups in total. The molecule has 0 bridgehead atoms. The van der Waals surface area contributed by atoms with Crippen molar-refractivity contribution in [2.75, 3.05) is 19.9 Å². The van der Waals surface area contributed by atoms with Crippen molar-refractivity contribution in [1.82, 2.24) is 9.62 Å². The number of hydrogen-bond donors (Lipinski definition) is 1. The number of carbonyl (C=O) groups excluding carboxylic acids is 1. The molecule has 170 valence electrons. The summed E-state index contributed by atoms with van der Waals surface area (Å²) in [5, 5.41) is 3.38. The molecule has 2 rings (SSSR count). The monoisotopic (exact) mass is 466 g/mol. The summed E-state index contributed by atoms with van der Waals surface area (Å²) in [6.45, 7) is 7.75. The van der Waals surface area contributed by atoms with Crippen LogP contribution in [0, 0.1) is 6.92 Å². The highest BCUT2D eigenvalue weighted by molar-refractivity contribution is 7.88. The van der Waals surface area contributed by atoms with E-state index in [0.29, 0.717) is 10.6 Å². The van der Waals surface area contributed by atoms with Crippen LogP contribution in [0.25, 0.3) is 0 Å². The predicted molar refractivity (Wildman–Crippen MR) is 125 cm³/mol. The predicted octanol–water partition coefficient (Wildman–Crippen LogP) is 4.42. The molecule has 2 aromatic carbocycles. The normalized spacial score (nSPS) is 12.8. The van der Waals surface area contributed by atoms with Gasteiger partial charge in [-0.05, 0) is 60.2 Å². The fourth-order valence-corrected chi connectivity index (χ4v) is 4.36. The Labute approximate surface area is 190 Å². The topological polar surface area (TPSA) is 75.7 Å². The van der Waals surface area contributed by atoms with Gasteiger partial charge in [0, 0.05) is 11.6 Å². The fourth-order valence-electron chi connectivity index (χ4n) is 3.44. The number of amides is 1. The van der Waals surface area contributed by atoms with Crippen LogP contribution in [0.5, 0.6) is 5.75 Å². The molecule has 1 amide bonds. The molecule has 2 aromatic rings. The Bertz CT molecular complexity index is 1040. The van der Waals surface area contributed by atoms with Crippen molar-refractivity contribution >= 4 is 27.5 Å². The summed E-state index contributed by atoms with van der Waals surface area (Å²) in [4.78, 5) is 12.7. The van der Waals surface area contributed by atoms with Crippen molar-refractivity contribution in [3.05, 3.63) is 63.7 Å². The van der Waals surface area contributed by atoms with Crippen molar-refractivity contribution in [2.24, 2.45) is 0 Å². The van der Waals surface area contributed by atoms with Crippen molar-refractivity contribution in [1.29, 1.82) is 0 Å². The Morgan fingerprint density at radius 1 is 1.16 bits per heavy atom. The molecule has 0 aliphatic heterocycles. The van der Waals surface area contributed by atoms with Crippen LogP contribution in [0.2, 0.25) is 5.02 Å². The first-order chi connectivity index (χ1) is 14.4. The van der Waals surface area contributed by atoms with Gasteiger partial charge in [0.25, 0.3) is 0 Å².